The summed E-state index contributed by atoms with van der Waals surface area (Å²) in [6.07, 6.45) is 7.03. The third-order valence-electron chi connectivity index (χ3n) is 2.90. The average Bonchev–Trinajstić information content (AvgIpc) is 2.79. The Labute approximate surface area is 190 Å². The van der Waals surface area contributed by atoms with Gasteiger partial charge in [-0.3, -0.25) is 0 Å². The highest BCUT2D eigenvalue weighted by molar-refractivity contribution is 5.85. The first-order valence-electron chi connectivity index (χ1n) is 9.58. The first kappa shape index (κ1) is 30.1. The molecule has 0 saturated heterocycles. The number of hydrogen-bond acceptors (Lipinski definition) is 4. The molecule has 0 aliphatic heterocycles. The van der Waals surface area contributed by atoms with Crippen LogP contribution in [-0.4, -0.2) is 22.2 Å². The van der Waals surface area contributed by atoms with Gasteiger partial charge < -0.3 is 19.7 Å². The second kappa shape index (κ2) is 20.2. The first-order valence-corrected chi connectivity index (χ1v) is 9.58. The number of aliphatic carboxylic acids is 2. The van der Waals surface area contributed by atoms with Gasteiger partial charge in [-0.25, -0.2) is 9.59 Å². The maximum atomic E-state index is 9.60. The van der Waals surface area contributed by atoms with Gasteiger partial charge in [0.1, 0.15) is 11.5 Å². The van der Waals surface area contributed by atoms with Crippen molar-refractivity contribution in [3.63, 3.8) is 0 Å². The van der Waals surface area contributed by atoms with Gasteiger partial charge in [0.15, 0.2) is 0 Å². The maximum absolute atomic E-state index is 9.60. The zero-order chi connectivity index (χ0) is 24.8. The Balaban J connectivity index is 0. The lowest BCUT2D eigenvalue weighted by atomic mass is 10.3. The molecule has 0 heterocycles. The molecule has 6 heteroatoms. The fourth-order valence-electron chi connectivity index (χ4n) is 1.29. The van der Waals surface area contributed by atoms with Gasteiger partial charge in [0.05, 0.1) is 12.5 Å². The second-order valence-corrected chi connectivity index (χ2v) is 5.97. The van der Waals surface area contributed by atoms with Crippen LogP contribution < -0.4 is 9.47 Å². The number of rotatable bonds is 6. The third-order valence-corrected chi connectivity index (χ3v) is 2.90. The summed E-state index contributed by atoms with van der Waals surface area (Å²) in [6, 6.07) is 19.4. The highest BCUT2D eigenvalue weighted by Crippen LogP contribution is 2.08. The molecule has 0 atom stereocenters. The number of hydrogen-bond donors (Lipinski definition) is 2. The summed E-state index contributed by atoms with van der Waals surface area (Å²) in [4.78, 5) is 19.2. The molecule has 32 heavy (non-hydrogen) atoms. The number of para-hydroxylation sites is 2. The molecule has 0 unspecified atom stereocenters. The van der Waals surface area contributed by atoms with E-state index < -0.39 is 11.9 Å². The summed E-state index contributed by atoms with van der Waals surface area (Å²) in [6.45, 7) is 13.0. The SMILES string of the molecule is C=C(C)C(=O)O.C=C(C)C(=O)O.CC=COc1ccccc1.CC=COc1ccccc1. The molecule has 0 fully saturated rings. The predicted octanol–water partition coefficient (Wildman–Crippen LogP) is 6.49. The molecule has 2 N–H and O–H groups in total. The Hall–Kier alpha value is -4.06. The molecule has 6 nitrogen and oxygen atoms in total. The number of ether oxygens (including phenoxy) is 2. The van der Waals surface area contributed by atoms with E-state index in [1.54, 1.807) is 12.5 Å². The van der Waals surface area contributed by atoms with Crippen LogP contribution in [0.25, 0.3) is 0 Å². The Morgan fingerprint density at radius 2 is 0.938 bits per heavy atom. The minimum absolute atomic E-state index is 0.176. The zero-order valence-corrected chi connectivity index (χ0v) is 19.0. The van der Waals surface area contributed by atoms with Crippen LogP contribution in [0.15, 0.2) is 110 Å². The Kier molecular flexibility index (Phi) is 19.0. The van der Waals surface area contributed by atoms with Gasteiger partial charge in [0.25, 0.3) is 0 Å². The van der Waals surface area contributed by atoms with Crippen LogP contribution in [0.5, 0.6) is 11.5 Å². The molecular formula is C26H32O6. The van der Waals surface area contributed by atoms with Crippen LogP contribution in [0.4, 0.5) is 0 Å². The van der Waals surface area contributed by atoms with Crippen molar-refractivity contribution in [2.24, 2.45) is 0 Å². The largest absolute Gasteiger partial charge is 0.478 e. The van der Waals surface area contributed by atoms with E-state index in [1.165, 1.54) is 13.8 Å². The molecule has 0 saturated carbocycles. The Morgan fingerprint density at radius 3 is 1.12 bits per heavy atom. The smallest absolute Gasteiger partial charge is 0.330 e. The van der Waals surface area contributed by atoms with Gasteiger partial charge in [-0.15, -0.1) is 0 Å². The quantitative estimate of drug-likeness (QED) is 0.394. The van der Waals surface area contributed by atoms with Crippen LogP contribution in [0.1, 0.15) is 27.7 Å². The summed E-state index contributed by atoms with van der Waals surface area (Å²) in [7, 11) is 0. The molecule has 0 aromatic heterocycles. The highest BCUT2D eigenvalue weighted by Gasteiger charge is 1.90. The van der Waals surface area contributed by atoms with E-state index >= 15 is 0 Å². The van der Waals surface area contributed by atoms with Crippen molar-refractivity contribution in [3.8, 4) is 11.5 Å². The van der Waals surface area contributed by atoms with Crippen molar-refractivity contribution in [3.05, 3.63) is 110 Å². The Bertz CT molecular complexity index is 755. The van der Waals surface area contributed by atoms with Gasteiger partial charge in [-0.1, -0.05) is 61.7 Å². The number of allylic oxidation sites excluding steroid dienone is 2. The Morgan fingerprint density at radius 1 is 0.688 bits per heavy atom. The van der Waals surface area contributed by atoms with Crippen molar-refractivity contribution in [1.82, 2.24) is 0 Å². The second-order valence-electron chi connectivity index (χ2n) is 5.97. The molecule has 172 valence electrons. The fraction of sp³-hybridized carbons (Fsp3) is 0.154. The van der Waals surface area contributed by atoms with E-state index in [-0.39, 0.29) is 11.1 Å². The van der Waals surface area contributed by atoms with Crippen LogP contribution in [-0.2, 0) is 9.59 Å². The van der Waals surface area contributed by atoms with Gasteiger partial charge in [-0.2, -0.15) is 0 Å². The number of carboxylic acids is 2. The van der Waals surface area contributed by atoms with Crippen LogP contribution in [0, 0.1) is 0 Å². The molecule has 0 radical (unpaired) electrons. The van der Waals surface area contributed by atoms with Crippen molar-refractivity contribution in [2.75, 3.05) is 0 Å². The van der Waals surface area contributed by atoms with Crippen LogP contribution >= 0.6 is 0 Å². The first-order chi connectivity index (χ1) is 15.1. The van der Waals surface area contributed by atoms with Gasteiger partial charge in [-0.05, 0) is 52.0 Å². The minimum Gasteiger partial charge on any atom is -0.478 e. The molecule has 0 spiro atoms. The van der Waals surface area contributed by atoms with Crippen molar-refractivity contribution >= 4 is 11.9 Å². The summed E-state index contributed by atoms with van der Waals surface area (Å²) in [5.74, 6) is -0.119. The van der Waals surface area contributed by atoms with Crippen LogP contribution in [0.3, 0.4) is 0 Å². The van der Waals surface area contributed by atoms with E-state index in [4.69, 9.17) is 19.7 Å². The van der Waals surface area contributed by atoms with Gasteiger partial charge in [0.2, 0.25) is 0 Å². The monoisotopic (exact) mass is 440 g/mol. The number of benzene rings is 2. The molecule has 0 bridgehead atoms. The number of carbonyl (C=O) groups is 2. The lowest BCUT2D eigenvalue weighted by molar-refractivity contribution is -0.133. The van der Waals surface area contributed by atoms with Crippen molar-refractivity contribution in [1.29, 1.82) is 0 Å². The molecule has 2 aromatic carbocycles. The van der Waals surface area contributed by atoms with Crippen LogP contribution in [0.2, 0.25) is 0 Å². The van der Waals surface area contributed by atoms with E-state index in [0.29, 0.717) is 0 Å². The normalized spacial score (nSPS) is 9.12. The third kappa shape index (κ3) is 20.7. The summed E-state index contributed by atoms with van der Waals surface area (Å²) in [5.41, 5.74) is 0.352. The van der Waals surface area contributed by atoms with Gasteiger partial charge in [0, 0.05) is 11.1 Å². The minimum atomic E-state index is -0.935. The summed E-state index contributed by atoms with van der Waals surface area (Å²) >= 11 is 0. The van der Waals surface area contributed by atoms with Crippen molar-refractivity contribution in [2.45, 2.75) is 27.7 Å². The zero-order valence-electron chi connectivity index (χ0n) is 19.0. The van der Waals surface area contributed by atoms with E-state index in [9.17, 15) is 9.59 Å². The highest BCUT2D eigenvalue weighted by atomic mass is 16.5. The van der Waals surface area contributed by atoms with Gasteiger partial charge >= 0.3 is 11.9 Å². The lowest BCUT2D eigenvalue weighted by Crippen LogP contribution is -1.92. The molecule has 0 amide bonds. The molecule has 2 aromatic rings. The average molecular weight is 441 g/mol. The van der Waals surface area contributed by atoms with E-state index in [1.807, 2.05) is 86.7 Å². The fourth-order valence-corrected chi connectivity index (χ4v) is 1.29. The van der Waals surface area contributed by atoms with E-state index in [2.05, 4.69) is 13.2 Å². The lowest BCUT2D eigenvalue weighted by Gasteiger charge is -1.96. The maximum Gasteiger partial charge on any atom is 0.330 e. The molecule has 2 rings (SSSR count). The van der Waals surface area contributed by atoms with E-state index in [0.717, 1.165) is 11.5 Å². The molecule has 0 aliphatic carbocycles. The van der Waals surface area contributed by atoms with Crippen molar-refractivity contribution < 1.29 is 29.3 Å². The standard InChI is InChI=1S/2C9H10O.2C4H6O2/c2*1-2-8-10-9-6-4-3-5-7-9;2*1-3(2)4(5)6/h2*2-8H,1H3;2*1H2,2H3,(H,5,6). The summed E-state index contributed by atoms with van der Waals surface area (Å²) in [5, 5.41) is 15.8. The summed E-state index contributed by atoms with van der Waals surface area (Å²) < 4.78 is 10.3. The predicted molar refractivity (Wildman–Crippen MR) is 129 cm³/mol. The number of carboxylic acid groups (broad SMARTS) is 2. The molecule has 0 aliphatic rings. The topological polar surface area (TPSA) is 93.1 Å². The molecular weight excluding hydrogens is 408 g/mol.